The molecule has 112 valence electrons. The largest absolute Gasteiger partial charge is 0.380 e. The van der Waals surface area contributed by atoms with Gasteiger partial charge in [0.25, 0.3) is 0 Å². The van der Waals surface area contributed by atoms with Crippen molar-refractivity contribution in [1.29, 1.82) is 0 Å². The lowest BCUT2D eigenvalue weighted by molar-refractivity contribution is -0.127. The first-order chi connectivity index (χ1) is 8.77. The van der Waals surface area contributed by atoms with E-state index in [1.165, 1.54) is 0 Å². The van der Waals surface area contributed by atoms with E-state index in [1.807, 2.05) is 0 Å². The summed E-state index contributed by atoms with van der Waals surface area (Å²) in [5.41, 5.74) is 6.02. The Morgan fingerprint density at radius 3 is 2.42 bits per heavy atom. The van der Waals surface area contributed by atoms with E-state index in [0.717, 1.165) is 32.6 Å². The number of nitrogens with two attached hydrogens (primary N) is 1. The maximum Gasteiger partial charge on any atom is 0.220 e. The van der Waals surface area contributed by atoms with Crippen molar-refractivity contribution in [2.75, 3.05) is 26.3 Å². The van der Waals surface area contributed by atoms with Crippen LogP contribution in [0.1, 0.15) is 47.0 Å². The fraction of sp³-hybridized carbons (Fsp3) is 0.933. The second-order valence-corrected chi connectivity index (χ2v) is 7.26. The van der Waals surface area contributed by atoms with Gasteiger partial charge in [-0.1, -0.05) is 27.7 Å². The van der Waals surface area contributed by atoms with Crippen LogP contribution >= 0.6 is 0 Å². The Morgan fingerprint density at radius 1 is 1.37 bits per heavy atom. The van der Waals surface area contributed by atoms with Gasteiger partial charge >= 0.3 is 0 Å². The summed E-state index contributed by atoms with van der Waals surface area (Å²) >= 11 is 0. The Morgan fingerprint density at radius 2 is 2.00 bits per heavy atom. The molecule has 1 heterocycles. The third-order valence-corrected chi connectivity index (χ3v) is 4.07. The summed E-state index contributed by atoms with van der Waals surface area (Å²) in [6, 6.07) is 0. The zero-order valence-electron chi connectivity index (χ0n) is 12.9. The molecule has 0 aromatic rings. The highest BCUT2D eigenvalue weighted by molar-refractivity contribution is 5.75. The minimum absolute atomic E-state index is 0.149. The van der Waals surface area contributed by atoms with Crippen LogP contribution in [-0.4, -0.2) is 32.2 Å². The summed E-state index contributed by atoms with van der Waals surface area (Å²) in [7, 11) is 0. The van der Waals surface area contributed by atoms with E-state index in [1.54, 1.807) is 0 Å². The van der Waals surface area contributed by atoms with Crippen LogP contribution in [0.4, 0.5) is 0 Å². The van der Waals surface area contributed by atoms with Crippen LogP contribution in [-0.2, 0) is 9.53 Å². The predicted octanol–water partition coefficient (Wildman–Crippen LogP) is 1.93. The lowest BCUT2D eigenvalue weighted by Gasteiger charge is -2.38. The summed E-state index contributed by atoms with van der Waals surface area (Å²) < 4.78 is 5.18. The SMILES string of the molecule is CC1(CNC(=O)CCC(CCN)C(C)(C)C)COC1. The fourth-order valence-corrected chi connectivity index (χ4v) is 2.47. The Hall–Kier alpha value is -0.610. The Balaban J connectivity index is 2.27. The van der Waals surface area contributed by atoms with Gasteiger partial charge in [0.05, 0.1) is 13.2 Å². The number of carbonyl (C=O) groups excluding carboxylic acids is 1. The third kappa shape index (κ3) is 5.49. The van der Waals surface area contributed by atoms with Gasteiger partial charge in [-0.3, -0.25) is 4.79 Å². The lowest BCUT2D eigenvalue weighted by Crippen LogP contribution is -2.48. The van der Waals surface area contributed by atoms with Crippen molar-refractivity contribution in [2.24, 2.45) is 22.5 Å². The van der Waals surface area contributed by atoms with Crippen molar-refractivity contribution in [3.8, 4) is 0 Å². The molecule has 1 unspecified atom stereocenters. The van der Waals surface area contributed by atoms with Gasteiger partial charge in [0.2, 0.25) is 5.91 Å². The minimum Gasteiger partial charge on any atom is -0.380 e. The number of hydrogen-bond acceptors (Lipinski definition) is 3. The molecule has 1 amide bonds. The van der Waals surface area contributed by atoms with Gasteiger partial charge in [-0.05, 0) is 30.7 Å². The van der Waals surface area contributed by atoms with Crippen molar-refractivity contribution >= 4 is 5.91 Å². The van der Waals surface area contributed by atoms with Crippen molar-refractivity contribution in [1.82, 2.24) is 5.32 Å². The van der Waals surface area contributed by atoms with Crippen LogP contribution in [0.3, 0.4) is 0 Å². The maximum absolute atomic E-state index is 11.9. The second kappa shape index (κ2) is 6.71. The highest BCUT2D eigenvalue weighted by Crippen LogP contribution is 2.32. The smallest absolute Gasteiger partial charge is 0.220 e. The lowest BCUT2D eigenvalue weighted by atomic mass is 9.76. The summed E-state index contributed by atoms with van der Waals surface area (Å²) in [4.78, 5) is 11.9. The van der Waals surface area contributed by atoms with Gasteiger partial charge in [0.15, 0.2) is 0 Å². The fourth-order valence-electron chi connectivity index (χ4n) is 2.47. The van der Waals surface area contributed by atoms with Gasteiger partial charge < -0.3 is 15.8 Å². The van der Waals surface area contributed by atoms with E-state index < -0.39 is 0 Å². The summed E-state index contributed by atoms with van der Waals surface area (Å²) in [5, 5.41) is 3.02. The summed E-state index contributed by atoms with van der Waals surface area (Å²) in [6.45, 7) is 11.7. The Labute approximate surface area is 117 Å². The van der Waals surface area contributed by atoms with Gasteiger partial charge in [-0.15, -0.1) is 0 Å². The standard InChI is InChI=1S/C15H30N2O2/c1-14(2,3)12(7-8-16)5-6-13(18)17-9-15(4)10-19-11-15/h12H,5-11,16H2,1-4H3,(H,17,18). The number of amides is 1. The molecular formula is C15H30N2O2. The van der Waals surface area contributed by atoms with Gasteiger partial charge in [0, 0.05) is 18.4 Å². The third-order valence-electron chi connectivity index (χ3n) is 4.07. The minimum atomic E-state index is 0.149. The molecule has 0 radical (unpaired) electrons. The number of nitrogens with one attached hydrogen (secondary N) is 1. The molecule has 0 aromatic carbocycles. The van der Waals surface area contributed by atoms with Crippen LogP contribution in [0.5, 0.6) is 0 Å². The molecule has 1 atom stereocenters. The molecule has 0 spiro atoms. The second-order valence-electron chi connectivity index (χ2n) is 7.26. The zero-order chi connectivity index (χ0) is 14.5. The van der Waals surface area contributed by atoms with E-state index in [-0.39, 0.29) is 16.7 Å². The molecule has 4 heteroatoms. The molecule has 1 aliphatic heterocycles. The van der Waals surface area contributed by atoms with Crippen LogP contribution in [0.2, 0.25) is 0 Å². The summed E-state index contributed by atoms with van der Waals surface area (Å²) in [5.74, 6) is 0.658. The molecule has 0 aliphatic carbocycles. The monoisotopic (exact) mass is 270 g/mol. The zero-order valence-corrected chi connectivity index (χ0v) is 12.9. The average Bonchev–Trinajstić information content (AvgIpc) is 2.27. The Bertz CT molecular complexity index is 293. The molecule has 0 bridgehead atoms. The van der Waals surface area contributed by atoms with E-state index in [9.17, 15) is 4.79 Å². The topological polar surface area (TPSA) is 64.4 Å². The van der Waals surface area contributed by atoms with Gasteiger partial charge in [-0.25, -0.2) is 0 Å². The molecule has 1 fully saturated rings. The first-order valence-electron chi connectivity index (χ1n) is 7.31. The average molecular weight is 270 g/mol. The van der Waals surface area contributed by atoms with Crippen molar-refractivity contribution in [3.63, 3.8) is 0 Å². The van der Waals surface area contributed by atoms with Crippen molar-refractivity contribution in [2.45, 2.75) is 47.0 Å². The molecule has 0 aromatic heterocycles. The number of hydrogen-bond donors (Lipinski definition) is 2. The quantitative estimate of drug-likeness (QED) is 0.743. The maximum atomic E-state index is 11.9. The first-order valence-corrected chi connectivity index (χ1v) is 7.31. The van der Waals surface area contributed by atoms with Crippen LogP contribution in [0.15, 0.2) is 0 Å². The normalized spacial score (nSPS) is 19.6. The first kappa shape index (κ1) is 16.4. The molecule has 0 saturated carbocycles. The number of ether oxygens (including phenoxy) is 1. The summed E-state index contributed by atoms with van der Waals surface area (Å²) in [6.07, 6.45) is 2.50. The van der Waals surface area contributed by atoms with E-state index in [2.05, 4.69) is 33.0 Å². The highest BCUT2D eigenvalue weighted by Gasteiger charge is 2.33. The van der Waals surface area contributed by atoms with Gasteiger partial charge in [-0.2, -0.15) is 0 Å². The van der Waals surface area contributed by atoms with Crippen LogP contribution < -0.4 is 11.1 Å². The molecule has 1 saturated heterocycles. The number of rotatable bonds is 7. The van der Waals surface area contributed by atoms with Crippen molar-refractivity contribution in [3.05, 3.63) is 0 Å². The molecule has 4 nitrogen and oxygen atoms in total. The van der Waals surface area contributed by atoms with E-state index in [0.29, 0.717) is 18.9 Å². The van der Waals surface area contributed by atoms with E-state index in [4.69, 9.17) is 10.5 Å². The molecule has 3 N–H and O–H groups in total. The predicted molar refractivity (Wildman–Crippen MR) is 77.8 cm³/mol. The van der Waals surface area contributed by atoms with Gasteiger partial charge in [0.1, 0.15) is 0 Å². The van der Waals surface area contributed by atoms with E-state index >= 15 is 0 Å². The van der Waals surface area contributed by atoms with Crippen LogP contribution in [0.25, 0.3) is 0 Å². The van der Waals surface area contributed by atoms with Crippen molar-refractivity contribution < 1.29 is 9.53 Å². The van der Waals surface area contributed by atoms with Crippen LogP contribution in [0, 0.1) is 16.7 Å². The Kier molecular flexibility index (Phi) is 5.81. The number of carbonyl (C=O) groups is 1. The molecule has 19 heavy (non-hydrogen) atoms. The molecule has 1 aliphatic rings. The molecule has 1 rings (SSSR count). The highest BCUT2D eigenvalue weighted by atomic mass is 16.5. The molecular weight excluding hydrogens is 240 g/mol.